The van der Waals surface area contributed by atoms with Crippen molar-refractivity contribution in [2.45, 2.75) is 6.54 Å². The van der Waals surface area contributed by atoms with Gasteiger partial charge in [-0.05, 0) is 36.4 Å². The van der Waals surface area contributed by atoms with Gasteiger partial charge in [0.15, 0.2) is 0 Å². The van der Waals surface area contributed by atoms with Gasteiger partial charge in [0.2, 0.25) is 0 Å². The zero-order chi connectivity index (χ0) is 12.1. The fourth-order valence-electron chi connectivity index (χ4n) is 1.52. The first kappa shape index (κ1) is 11.7. The van der Waals surface area contributed by atoms with Crippen LogP contribution in [-0.2, 0) is 6.54 Å². The first-order chi connectivity index (χ1) is 8.25. The molecule has 2 rings (SSSR count). The van der Waals surface area contributed by atoms with E-state index in [1.54, 1.807) is 24.3 Å². The highest BCUT2D eigenvalue weighted by atomic mass is 35.5. The number of carbonyl (C=O) groups is 1. The number of nitrogens with one attached hydrogen (secondary N) is 1. The van der Waals surface area contributed by atoms with Crippen LogP contribution in [-0.4, -0.2) is 17.0 Å². The quantitative estimate of drug-likeness (QED) is 0.887. The molecule has 0 aliphatic heterocycles. The van der Waals surface area contributed by atoms with Gasteiger partial charge in [-0.2, -0.15) is 0 Å². The number of hydrogen-bond donors (Lipinski definition) is 1. The maximum absolute atomic E-state index is 11.7. The lowest BCUT2D eigenvalue weighted by molar-refractivity contribution is 0.0952. The lowest BCUT2D eigenvalue weighted by Gasteiger charge is -2.06. The maximum Gasteiger partial charge on any atom is 0.251 e. The van der Waals surface area contributed by atoms with E-state index in [9.17, 15) is 4.79 Å². The second-order valence-electron chi connectivity index (χ2n) is 3.68. The first-order valence-corrected chi connectivity index (χ1v) is 5.78. The van der Waals surface area contributed by atoms with Crippen LogP contribution in [0.25, 0.3) is 0 Å². The Bertz CT molecular complexity index is 477. The van der Waals surface area contributed by atoms with Gasteiger partial charge in [0.25, 0.3) is 5.91 Å². The third kappa shape index (κ3) is 3.36. The zero-order valence-corrected chi connectivity index (χ0v) is 10.0. The Kier molecular flexibility index (Phi) is 3.83. The monoisotopic (exact) mass is 248 g/mol. The Morgan fingerprint density at radius 3 is 2.47 bits per heavy atom. The summed E-state index contributed by atoms with van der Waals surface area (Å²) in [5.41, 5.74) is 0.627. The third-order valence-electron chi connectivity index (χ3n) is 2.43. The number of carbonyl (C=O) groups excluding carboxylic acids is 1. The summed E-state index contributed by atoms with van der Waals surface area (Å²) >= 11 is 5.75. The van der Waals surface area contributed by atoms with Crippen LogP contribution in [0.2, 0.25) is 5.02 Å². The molecule has 1 aromatic carbocycles. The van der Waals surface area contributed by atoms with Crippen LogP contribution in [0.15, 0.2) is 48.8 Å². The molecule has 0 bridgehead atoms. The van der Waals surface area contributed by atoms with Crippen molar-refractivity contribution < 1.29 is 4.79 Å². The van der Waals surface area contributed by atoms with Crippen molar-refractivity contribution in [3.8, 4) is 0 Å². The Morgan fingerprint density at radius 1 is 1.18 bits per heavy atom. The predicted octanol–water partition coefficient (Wildman–Crippen LogP) is 2.57. The Morgan fingerprint density at radius 2 is 1.82 bits per heavy atom. The van der Waals surface area contributed by atoms with E-state index in [0.29, 0.717) is 17.1 Å². The normalized spacial score (nSPS) is 10.2. The fourth-order valence-corrected chi connectivity index (χ4v) is 1.65. The zero-order valence-electron chi connectivity index (χ0n) is 9.27. The number of aromatic nitrogens is 1. The van der Waals surface area contributed by atoms with Gasteiger partial charge in [0, 0.05) is 36.1 Å². The number of rotatable bonds is 4. The molecule has 3 nitrogen and oxygen atoms in total. The first-order valence-electron chi connectivity index (χ1n) is 5.40. The van der Waals surface area contributed by atoms with Gasteiger partial charge in [0.1, 0.15) is 0 Å². The van der Waals surface area contributed by atoms with Crippen LogP contribution in [0.3, 0.4) is 0 Å². The van der Waals surface area contributed by atoms with Gasteiger partial charge in [-0.25, -0.2) is 0 Å². The van der Waals surface area contributed by atoms with Crippen molar-refractivity contribution in [1.82, 2.24) is 9.88 Å². The SMILES string of the molecule is O=C(NCCn1cccc1)c1ccc(Cl)cc1. The highest BCUT2D eigenvalue weighted by molar-refractivity contribution is 6.30. The molecule has 88 valence electrons. The van der Waals surface area contributed by atoms with Crippen molar-refractivity contribution in [3.05, 3.63) is 59.4 Å². The molecule has 0 unspecified atom stereocenters. The molecule has 0 saturated heterocycles. The molecule has 0 aliphatic carbocycles. The predicted molar refractivity (Wildman–Crippen MR) is 68.2 cm³/mol. The van der Waals surface area contributed by atoms with E-state index in [4.69, 9.17) is 11.6 Å². The van der Waals surface area contributed by atoms with E-state index in [0.717, 1.165) is 6.54 Å². The molecule has 0 spiro atoms. The van der Waals surface area contributed by atoms with E-state index in [-0.39, 0.29) is 5.91 Å². The molecular weight excluding hydrogens is 236 g/mol. The Labute approximate surface area is 105 Å². The van der Waals surface area contributed by atoms with Crippen molar-refractivity contribution in [2.24, 2.45) is 0 Å². The van der Waals surface area contributed by atoms with E-state index in [1.807, 2.05) is 29.1 Å². The summed E-state index contributed by atoms with van der Waals surface area (Å²) in [6.45, 7) is 1.38. The number of hydrogen-bond acceptors (Lipinski definition) is 1. The molecule has 1 amide bonds. The molecule has 17 heavy (non-hydrogen) atoms. The highest BCUT2D eigenvalue weighted by Gasteiger charge is 2.03. The highest BCUT2D eigenvalue weighted by Crippen LogP contribution is 2.09. The summed E-state index contributed by atoms with van der Waals surface area (Å²) in [5.74, 6) is -0.0752. The Balaban J connectivity index is 1.83. The van der Waals surface area contributed by atoms with Crippen LogP contribution in [0.5, 0.6) is 0 Å². The van der Waals surface area contributed by atoms with Gasteiger partial charge in [-0.3, -0.25) is 4.79 Å². The minimum absolute atomic E-state index is 0.0752. The third-order valence-corrected chi connectivity index (χ3v) is 2.68. The summed E-state index contributed by atoms with van der Waals surface area (Å²) in [6.07, 6.45) is 3.93. The van der Waals surface area contributed by atoms with E-state index < -0.39 is 0 Å². The van der Waals surface area contributed by atoms with Crippen LogP contribution < -0.4 is 5.32 Å². The molecule has 4 heteroatoms. The average molecular weight is 249 g/mol. The largest absolute Gasteiger partial charge is 0.353 e. The molecule has 0 radical (unpaired) electrons. The molecule has 1 heterocycles. The molecule has 0 saturated carbocycles. The topological polar surface area (TPSA) is 34.0 Å². The van der Waals surface area contributed by atoms with Gasteiger partial charge in [-0.15, -0.1) is 0 Å². The summed E-state index contributed by atoms with van der Waals surface area (Å²) in [4.78, 5) is 11.7. The standard InChI is InChI=1S/C13H13ClN2O/c14-12-5-3-11(4-6-12)13(17)15-7-10-16-8-1-2-9-16/h1-6,8-9H,7,10H2,(H,15,17). The van der Waals surface area contributed by atoms with Crippen molar-refractivity contribution >= 4 is 17.5 Å². The van der Waals surface area contributed by atoms with Crippen LogP contribution in [0.4, 0.5) is 0 Å². The average Bonchev–Trinajstić information content (AvgIpc) is 2.83. The van der Waals surface area contributed by atoms with Crippen molar-refractivity contribution in [2.75, 3.05) is 6.54 Å². The van der Waals surface area contributed by atoms with Crippen LogP contribution in [0, 0.1) is 0 Å². The summed E-state index contributed by atoms with van der Waals surface area (Å²) < 4.78 is 2.02. The lowest BCUT2D eigenvalue weighted by Crippen LogP contribution is -2.26. The molecule has 1 N–H and O–H groups in total. The van der Waals surface area contributed by atoms with E-state index in [2.05, 4.69) is 5.32 Å². The second-order valence-corrected chi connectivity index (χ2v) is 4.12. The van der Waals surface area contributed by atoms with Crippen LogP contribution in [0.1, 0.15) is 10.4 Å². The summed E-state index contributed by atoms with van der Waals surface area (Å²) in [7, 11) is 0. The number of halogens is 1. The summed E-state index contributed by atoms with van der Waals surface area (Å²) in [6, 6.07) is 10.8. The van der Waals surface area contributed by atoms with Gasteiger partial charge in [-0.1, -0.05) is 11.6 Å². The number of nitrogens with zero attached hydrogens (tertiary/aromatic N) is 1. The van der Waals surface area contributed by atoms with Crippen molar-refractivity contribution in [1.29, 1.82) is 0 Å². The van der Waals surface area contributed by atoms with E-state index >= 15 is 0 Å². The molecule has 1 aromatic heterocycles. The number of amides is 1. The van der Waals surface area contributed by atoms with Crippen LogP contribution >= 0.6 is 11.6 Å². The maximum atomic E-state index is 11.7. The minimum Gasteiger partial charge on any atom is -0.353 e. The molecule has 0 fully saturated rings. The van der Waals surface area contributed by atoms with Crippen molar-refractivity contribution in [3.63, 3.8) is 0 Å². The number of benzene rings is 1. The lowest BCUT2D eigenvalue weighted by atomic mass is 10.2. The summed E-state index contributed by atoms with van der Waals surface area (Å²) in [5, 5.41) is 3.49. The molecule has 0 aliphatic rings. The Hall–Kier alpha value is -1.74. The molecule has 0 atom stereocenters. The fraction of sp³-hybridized carbons (Fsp3) is 0.154. The molecule has 2 aromatic rings. The van der Waals surface area contributed by atoms with Gasteiger partial charge in [0.05, 0.1) is 0 Å². The molecular formula is C13H13ClN2O. The smallest absolute Gasteiger partial charge is 0.251 e. The van der Waals surface area contributed by atoms with E-state index in [1.165, 1.54) is 0 Å². The minimum atomic E-state index is -0.0752. The van der Waals surface area contributed by atoms with Gasteiger partial charge >= 0.3 is 0 Å². The van der Waals surface area contributed by atoms with Gasteiger partial charge < -0.3 is 9.88 Å². The second kappa shape index (κ2) is 5.55.